The van der Waals surface area contributed by atoms with E-state index in [4.69, 9.17) is 5.73 Å². The number of phenolic OH excluding ortho intramolecular Hbond substituents is 1. The van der Waals surface area contributed by atoms with Crippen LogP contribution in [0.15, 0.2) is 30.4 Å². The number of hydrogen-bond acceptors (Lipinski definition) is 2. The van der Waals surface area contributed by atoms with Crippen LogP contribution in [0.2, 0.25) is 0 Å². The molecule has 0 aliphatic carbocycles. The van der Waals surface area contributed by atoms with Crippen molar-refractivity contribution >= 4 is 0 Å². The van der Waals surface area contributed by atoms with E-state index in [-0.39, 0.29) is 11.8 Å². The highest BCUT2D eigenvalue weighted by Crippen LogP contribution is 2.27. The number of phenols is 1. The zero-order chi connectivity index (χ0) is 10.7. The Labute approximate surface area is 85.1 Å². The van der Waals surface area contributed by atoms with Crippen molar-refractivity contribution in [1.29, 1.82) is 0 Å². The smallest absolute Gasteiger partial charge is 0.120 e. The van der Waals surface area contributed by atoms with Gasteiger partial charge in [0.2, 0.25) is 0 Å². The second kappa shape index (κ2) is 4.29. The summed E-state index contributed by atoms with van der Waals surface area (Å²) in [5, 5.41) is 9.66. The highest BCUT2D eigenvalue weighted by molar-refractivity contribution is 5.38. The molecule has 0 spiro atoms. The molecule has 0 fully saturated rings. The van der Waals surface area contributed by atoms with Crippen molar-refractivity contribution in [2.24, 2.45) is 5.73 Å². The molecule has 1 atom stereocenters. The minimum atomic E-state index is -0.159. The topological polar surface area (TPSA) is 46.2 Å². The molecule has 1 aromatic rings. The third-order valence-electron chi connectivity index (χ3n) is 2.15. The van der Waals surface area contributed by atoms with Gasteiger partial charge in [0.15, 0.2) is 0 Å². The van der Waals surface area contributed by atoms with Gasteiger partial charge in [-0.25, -0.2) is 0 Å². The van der Waals surface area contributed by atoms with Crippen LogP contribution < -0.4 is 5.73 Å². The predicted octanol–water partition coefficient (Wildman–Crippen LogP) is 2.67. The van der Waals surface area contributed by atoms with Crippen LogP contribution in [-0.2, 0) is 0 Å². The third-order valence-corrected chi connectivity index (χ3v) is 2.15. The monoisotopic (exact) mass is 191 g/mol. The van der Waals surface area contributed by atoms with E-state index in [2.05, 4.69) is 6.58 Å². The summed E-state index contributed by atoms with van der Waals surface area (Å²) >= 11 is 0. The number of aromatic hydroxyl groups is 1. The van der Waals surface area contributed by atoms with Gasteiger partial charge in [-0.15, -0.1) is 6.58 Å². The van der Waals surface area contributed by atoms with Crippen molar-refractivity contribution in [3.05, 3.63) is 41.5 Å². The van der Waals surface area contributed by atoms with Crippen molar-refractivity contribution in [3.63, 3.8) is 0 Å². The maximum Gasteiger partial charge on any atom is 0.120 e. The average Bonchev–Trinajstić information content (AvgIpc) is 2.01. The minimum absolute atomic E-state index is 0.159. The maximum atomic E-state index is 9.66. The molecule has 2 heteroatoms. The molecule has 0 saturated carbocycles. The predicted molar refractivity (Wildman–Crippen MR) is 59.2 cm³/mol. The molecule has 14 heavy (non-hydrogen) atoms. The summed E-state index contributed by atoms with van der Waals surface area (Å²) in [5.74, 6) is 0.277. The molecular weight excluding hydrogens is 174 g/mol. The maximum absolute atomic E-state index is 9.66. The Morgan fingerprint density at radius 2 is 2.21 bits per heavy atom. The molecule has 0 amide bonds. The summed E-state index contributed by atoms with van der Waals surface area (Å²) < 4.78 is 0. The van der Waals surface area contributed by atoms with Crippen molar-refractivity contribution in [1.82, 2.24) is 0 Å². The molecule has 0 bridgehead atoms. The van der Waals surface area contributed by atoms with E-state index in [1.165, 1.54) is 0 Å². The number of aryl methyl sites for hydroxylation is 1. The summed E-state index contributed by atoms with van der Waals surface area (Å²) in [5.41, 5.74) is 8.78. The molecule has 0 aliphatic heterocycles. The third kappa shape index (κ3) is 2.60. The van der Waals surface area contributed by atoms with Crippen LogP contribution in [0, 0.1) is 6.92 Å². The van der Waals surface area contributed by atoms with Gasteiger partial charge in [0.25, 0.3) is 0 Å². The molecule has 0 radical (unpaired) electrons. The van der Waals surface area contributed by atoms with E-state index in [1.807, 2.05) is 26.0 Å². The average molecular weight is 191 g/mol. The van der Waals surface area contributed by atoms with Crippen molar-refractivity contribution in [2.45, 2.75) is 26.3 Å². The van der Waals surface area contributed by atoms with E-state index in [0.29, 0.717) is 6.42 Å². The molecule has 3 N–H and O–H groups in total. The van der Waals surface area contributed by atoms with E-state index < -0.39 is 0 Å². The van der Waals surface area contributed by atoms with Gasteiger partial charge in [0.1, 0.15) is 5.75 Å². The fourth-order valence-electron chi connectivity index (χ4n) is 1.45. The normalized spacial score (nSPS) is 12.5. The Morgan fingerprint density at radius 1 is 1.57 bits per heavy atom. The first-order valence-electron chi connectivity index (χ1n) is 4.70. The molecule has 1 rings (SSSR count). The van der Waals surface area contributed by atoms with Gasteiger partial charge in [-0.3, -0.25) is 0 Å². The zero-order valence-corrected chi connectivity index (χ0v) is 8.75. The highest BCUT2D eigenvalue weighted by atomic mass is 16.3. The first kappa shape index (κ1) is 10.8. The molecule has 1 aromatic carbocycles. The van der Waals surface area contributed by atoms with Crippen LogP contribution in [-0.4, -0.2) is 5.11 Å². The molecule has 0 heterocycles. The Balaban J connectivity index is 2.90. The lowest BCUT2D eigenvalue weighted by Crippen LogP contribution is -2.10. The molecular formula is C12H17NO. The van der Waals surface area contributed by atoms with Crippen LogP contribution >= 0.6 is 0 Å². The summed E-state index contributed by atoms with van der Waals surface area (Å²) in [7, 11) is 0. The largest absolute Gasteiger partial charge is 0.508 e. The zero-order valence-electron chi connectivity index (χ0n) is 8.75. The Kier molecular flexibility index (Phi) is 3.31. The summed E-state index contributed by atoms with van der Waals surface area (Å²) in [6.07, 6.45) is 0.705. The van der Waals surface area contributed by atoms with Gasteiger partial charge in [-0.1, -0.05) is 17.7 Å². The summed E-state index contributed by atoms with van der Waals surface area (Å²) in [6.45, 7) is 7.68. The number of nitrogens with two attached hydrogens (primary N) is 1. The van der Waals surface area contributed by atoms with Crippen molar-refractivity contribution < 1.29 is 5.11 Å². The molecule has 0 aliphatic rings. The fourth-order valence-corrected chi connectivity index (χ4v) is 1.45. The van der Waals surface area contributed by atoms with Gasteiger partial charge in [0, 0.05) is 11.6 Å². The van der Waals surface area contributed by atoms with E-state index >= 15 is 0 Å². The summed E-state index contributed by atoms with van der Waals surface area (Å²) in [6, 6.07) is 5.40. The van der Waals surface area contributed by atoms with Gasteiger partial charge in [-0.05, 0) is 31.9 Å². The quantitative estimate of drug-likeness (QED) is 0.721. The second-order valence-electron chi connectivity index (χ2n) is 3.83. The van der Waals surface area contributed by atoms with Crippen LogP contribution in [0.25, 0.3) is 0 Å². The Hall–Kier alpha value is -1.28. The SMILES string of the molecule is C=C(C)C[C@@H](N)c1ccc(C)cc1O. The molecule has 0 saturated heterocycles. The highest BCUT2D eigenvalue weighted by Gasteiger charge is 2.10. The number of hydrogen-bond donors (Lipinski definition) is 2. The molecule has 0 aromatic heterocycles. The molecule has 0 unspecified atom stereocenters. The van der Waals surface area contributed by atoms with Gasteiger partial charge in [0.05, 0.1) is 0 Å². The minimum Gasteiger partial charge on any atom is -0.508 e. The number of benzene rings is 1. The van der Waals surface area contributed by atoms with Crippen LogP contribution in [0.3, 0.4) is 0 Å². The van der Waals surface area contributed by atoms with E-state index in [0.717, 1.165) is 16.7 Å². The standard InChI is InChI=1S/C12H17NO/c1-8(2)6-11(13)10-5-4-9(3)7-12(10)14/h4-5,7,11,14H,1,6,13H2,2-3H3/t11-/m1/s1. The van der Waals surface area contributed by atoms with Crippen molar-refractivity contribution in [3.8, 4) is 5.75 Å². The van der Waals surface area contributed by atoms with Gasteiger partial charge >= 0.3 is 0 Å². The number of rotatable bonds is 3. The molecule has 2 nitrogen and oxygen atoms in total. The molecule has 76 valence electrons. The van der Waals surface area contributed by atoms with Gasteiger partial charge in [-0.2, -0.15) is 0 Å². The lowest BCUT2D eigenvalue weighted by atomic mass is 9.99. The van der Waals surface area contributed by atoms with E-state index in [1.54, 1.807) is 6.07 Å². The van der Waals surface area contributed by atoms with Crippen molar-refractivity contribution in [2.75, 3.05) is 0 Å². The fraction of sp³-hybridized carbons (Fsp3) is 0.333. The summed E-state index contributed by atoms with van der Waals surface area (Å²) in [4.78, 5) is 0. The van der Waals surface area contributed by atoms with Gasteiger partial charge < -0.3 is 10.8 Å². The lowest BCUT2D eigenvalue weighted by Gasteiger charge is -2.13. The lowest BCUT2D eigenvalue weighted by molar-refractivity contribution is 0.460. The second-order valence-corrected chi connectivity index (χ2v) is 3.83. The van der Waals surface area contributed by atoms with Crippen LogP contribution in [0.5, 0.6) is 5.75 Å². The van der Waals surface area contributed by atoms with E-state index in [9.17, 15) is 5.11 Å². The first-order valence-corrected chi connectivity index (χ1v) is 4.70. The first-order chi connectivity index (χ1) is 6.50. The Morgan fingerprint density at radius 3 is 2.71 bits per heavy atom. The van der Waals surface area contributed by atoms with Crippen LogP contribution in [0.4, 0.5) is 0 Å². The van der Waals surface area contributed by atoms with Crippen LogP contribution in [0.1, 0.15) is 30.5 Å². The Bertz CT molecular complexity index is 344.